The predicted molar refractivity (Wildman–Crippen MR) is 87.1 cm³/mol. The van der Waals surface area contributed by atoms with Crippen molar-refractivity contribution in [2.24, 2.45) is 0 Å². The molecule has 0 fully saturated rings. The first-order valence-electron chi connectivity index (χ1n) is 6.32. The molecule has 2 aromatic rings. The number of benzene rings is 2. The zero-order valence-electron chi connectivity index (χ0n) is 11.1. The van der Waals surface area contributed by atoms with Gasteiger partial charge in [-0.2, -0.15) is 0 Å². The smallest absolute Gasteiger partial charge is 0.0406 e. The van der Waals surface area contributed by atoms with Crippen molar-refractivity contribution >= 4 is 33.2 Å². The van der Waals surface area contributed by atoms with Gasteiger partial charge in [0.1, 0.15) is 0 Å². The summed E-state index contributed by atoms with van der Waals surface area (Å²) in [5, 5.41) is 4.34. The Morgan fingerprint density at radius 3 is 2.53 bits per heavy atom. The SMILES string of the molecule is Cc1c(Br)cccc1NC(C)Cc1ccc(Cl)cc1. The third kappa shape index (κ3) is 3.99. The average molecular weight is 339 g/mol. The van der Waals surface area contributed by atoms with Gasteiger partial charge in [0, 0.05) is 21.2 Å². The molecule has 2 rings (SSSR count). The van der Waals surface area contributed by atoms with Gasteiger partial charge in [0.05, 0.1) is 0 Å². The van der Waals surface area contributed by atoms with Gasteiger partial charge in [-0.1, -0.05) is 45.7 Å². The summed E-state index contributed by atoms with van der Waals surface area (Å²) in [6.07, 6.45) is 0.975. The van der Waals surface area contributed by atoms with Crippen LogP contribution in [0.15, 0.2) is 46.9 Å². The van der Waals surface area contributed by atoms with Gasteiger partial charge in [0.25, 0.3) is 0 Å². The molecule has 0 heterocycles. The van der Waals surface area contributed by atoms with Crippen molar-refractivity contribution in [3.05, 3.63) is 63.1 Å². The van der Waals surface area contributed by atoms with Crippen molar-refractivity contribution in [1.82, 2.24) is 0 Å². The Morgan fingerprint density at radius 1 is 1.16 bits per heavy atom. The maximum Gasteiger partial charge on any atom is 0.0406 e. The number of nitrogens with one attached hydrogen (secondary N) is 1. The zero-order valence-corrected chi connectivity index (χ0v) is 13.4. The molecule has 2 aromatic carbocycles. The minimum Gasteiger partial charge on any atom is -0.382 e. The monoisotopic (exact) mass is 337 g/mol. The highest BCUT2D eigenvalue weighted by atomic mass is 79.9. The van der Waals surface area contributed by atoms with E-state index in [1.165, 1.54) is 16.8 Å². The molecule has 19 heavy (non-hydrogen) atoms. The number of hydrogen-bond donors (Lipinski definition) is 1. The normalized spacial score (nSPS) is 12.2. The molecule has 0 saturated carbocycles. The summed E-state index contributed by atoms with van der Waals surface area (Å²) in [6, 6.07) is 14.6. The molecule has 0 spiro atoms. The first kappa shape index (κ1) is 14.4. The van der Waals surface area contributed by atoms with Crippen molar-refractivity contribution in [3.63, 3.8) is 0 Å². The molecule has 0 radical (unpaired) electrons. The minimum atomic E-state index is 0.370. The van der Waals surface area contributed by atoms with Gasteiger partial charge in [0.2, 0.25) is 0 Å². The van der Waals surface area contributed by atoms with Crippen molar-refractivity contribution in [2.75, 3.05) is 5.32 Å². The lowest BCUT2D eigenvalue weighted by Crippen LogP contribution is -2.18. The summed E-state index contributed by atoms with van der Waals surface area (Å²) >= 11 is 9.45. The van der Waals surface area contributed by atoms with E-state index >= 15 is 0 Å². The molecule has 0 aliphatic heterocycles. The lowest BCUT2D eigenvalue weighted by atomic mass is 10.1. The van der Waals surface area contributed by atoms with Crippen LogP contribution in [0.3, 0.4) is 0 Å². The largest absolute Gasteiger partial charge is 0.382 e. The van der Waals surface area contributed by atoms with Crippen LogP contribution in [0.1, 0.15) is 18.1 Å². The molecule has 1 unspecified atom stereocenters. The van der Waals surface area contributed by atoms with Crippen LogP contribution in [-0.2, 0) is 6.42 Å². The fourth-order valence-electron chi connectivity index (χ4n) is 2.05. The number of halogens is 2. The Kier molecular flexibility index (Phi) is 4.89. The molecule has 0 aliphatic carbocycles. The number of hydrogen-bond acceptors (Lipinski definition) is 1. The molecule has 1 nitrogen and oxygen atoms in total. The topological polar surface area (TPSA) is 12.0 Å². The third-order valence-corrected chi connectivity index (χ3v) is 4.24. The lowest BCUT2D eigenvalue weighted by molar-refractivity contribution is 0.789. The van der Waals surface area contributed by atoms with Crippen LogP contribution in [0, 0.1) is 6.92 Å². The van der Waals surface area contributed by atoms with Crippen molar-refractivity contribution in [1.29, 1.82) is 0 Å². The van der Waals surface area contributed by atoms with Crippen LogP contribution in [0.5, 0.6) is 0 Å². The van der Waals surface area contributed by atoms with Gasteiger partial charge in [-0.25, -0.2) is 0 Å². The van der Waals surface area contributed by atoms with Gasteiger partial charge in [-0.15, -0.1) is 0 Å². The van der Waals surface area contributed by atoms with E-state index in [0.29, 0.717) is 6.04 Å². The Labute approximate surface area is 128 Å². The lowest BCUT2D eigenvalue weighted by Gasteiger charge is -2.17. The quantitative estimate of drug-likeness (QED) is 0.781. The Hall–Kier alpha value is -0.990. The molecule has 0 amide bonds. The minimum absolute atomic E-state index is 0.370. The second-order valence-corrected chi connectivity index (χ2v) is 6.08. The predicted octanol–water partition coefficient (Wildman–Crippen LogP) is 5.45. The molecule has 0 saturated heterocycles. The summed E-state index contributed by atoms with van der Waals surface area (Å²) in [7, 11) is 0. The molecule has 0 aromatic heterocycles. The average Bonchev–Trinajstić information content (AvgIpc) is 2.38. The molecule has 1 atom stereocenters. The highest BCUT2D eigenvalue weighted by Gasteiger charge is 2.07. The van der Waals surface area contributed by atoms with E-state index in [-0.39, 0.29) is 0 Å². The second kappa shape index (κ2) is 6.44. The van der Waals surface area contributed by atoms with Gasteiger partial charge in [-0.3, -0.25) is 0 Å². The van der Waals surface area contributed by atoms with Crippen LogP contribution >= 0.6 is 27.5 Å². The molecule has 100 valence electrons. The Balaban J connectivity index is 2.03. The molecular formula is C16H17BrClN. The van der Waals surface area contributed by atoms with E-state index in [0.717, 1.165) is 15.9 Å². The molecule has 0 bridgehead atoms. The summed E-state index contributed by atoms with van der Waals surface area (Å²) < 4.78 is 1.14. The molecular weight excluding hydrogens is 322 g/mol. The van der Waals surface area contributed by atoms with Crippen LogP contribution in [0.4, 0.5) is 5.69 Å². The second-order valence-electron chi connectivity index (χ2n) is 4.79. The maximum absolute atomic E-state index is 5.90. The standard InChI is InChI=1S/C16H17BrClN/c1-11(10-13-6-8-14(18)9-7-13)19-16-5-3-4-15(17)12(16)2/h3-9,11,19H,10H2,1-2H3. The summed E-state index contributed by atoms with van der Waals surface area (Å²) in [5.74, 6) is 0. The molecule has 1 N–H and O–H groups in total. The van der Waals surface area contributed by atoms with Crippen molar-refractivity contribution in [2.45, 2.75) is 26.3 Å². The number of rotatable bonds is 4. The van der Waals surface area contributed by atoms with E-state index in [1.807, 2.05) is 12.1 Å². The first-order valence-corrected chi connectivity index (χ1v) is 7.49. The van der Waals surface area contributed by atoms with Crippen LogP contribution in [-0.4, -0.2) is 6.04 Å². The van der Waals surface area contributed by atoms with E-state index < -0.39 is 0 Å². The van der Waals surface area contributed by atoms with Crippen molar-refractivity contribution < 1.29 is 0 Å². The van der Waals surface area contributed by atoms with Crippen LogP contribution in [0.2, 0.25) is 5.02 Å². The van der Waals surface area contributed by atoms with Gasteiger partial charge < -0.3 is 5.32 Å². The zero-order chi connectivity index (χ0) is 13.8. The highest BCUT2D eigenvalue weighted by molar-refractivity contribution is 9.10. The summed E-state index contributed by atoms with van der Waals surface area (Å²) in [4.78, 5) is 0. The fourth-order valence-corrected chi connectivity index (χ4v) is 2.55. The van der Waals surface area contributed by atoms with E-state index in [1.54, 1.807) is 0 Å². The maximum atomic E-state index is 5.90. The van der Waals surface area contributed by atoms with E-state index in [2.05, 4.69) is 65.4 Å². The summed E-state index contributed by atoms with van der Waals surface area (Å²) in [5.41, 5.74) is 3.71. The first-order chi connectivity index (χ1) is 9.06. The Bertz CT molecular complexity index is 551. The molecule has 3 heteroatoms. The number of anilines is 1. The van der Waals surface area contributed by atoms with E-state index in [4.69, 9.17) is 11.6 Å². The third-order valence-electron chi connectivity index (χ3n) is 3.12. The molecule has 0 aliphatic rings. The fraction of sp³-hybridized carbons (Fsp3) is 0.250. The summed E-state index contributed by atoms with van der Waals surface area (Å²) in [6.45, 7) is 4.30. The Morgan fingerprint density at radius 2 is 1.84 bits per heavy atom. The van der Waals surface area contributed by atoms with Gasteiger partial charge in [0.15, 0.2) is 0 Å². The van der Waals surface area contributed by atoms with E-state index in [9.17, 15) is 0 Å². The van der Waals surface area contributed by atoms with Crippen LogP contribution < -0.4 is 5.32 Å². The van der Waals surface area contributed by atoms with Crippen LogP contribution in [0.25, 0.3) is 0 Å². The van der Waals surface area contributed by atoms with Crippen molar-refractivity contribution in [3.8, 4) is 0 Å². The van der Waals surface area contributed by atoms with Gasteiger partial charge in [-0.05, 0) is 55.7 Å². The van der Waals surface area contributed by atoms with Gasteiger partial charge >= 0.3 is 0 Å². The highest BCUT2D eigenvalue weighted by Crippen LogP contribution is 2.24.